The molecule has 4 nitrogen and oxygen atoms in total. The number of nitrogens with one attached hydrogen (secondary N) is 1. The number of carbonyl (C=O) groups excluding carboxylic acids is 1. The predicted molar refractivity (Wildman–Crippen MR) is 85.3 cm³/mol. The zero-order valence-electron chi connectivity index (χ0n) is 14.0. The third-order valence-electron chi connectivity index (χ3n) is 4.91. The summed E-state index contributed by atoms with van der Waals surface area (Å²) in [5.74, 6) is 0.754. The first-order valence-corrected chi connectivity index (χ1v) is 8.66. The summed E-state index contributed by atoms with van der Waals surface area (Å²) in [6, 6.07) is 0.508. The second-order valence-electron chi connectivity index (χ2n) is 7.10. The molecule has 0 aromatic heterocycles. The molecule has 2 atom stereocenters. The van der Waals surface area contributed by atoms with E-state index in [-0.39, 0.29) is 5.97 Å². The lowest BCUT2D eigenvalue weighted by molar-refractivity contribution is -0.148. The molecule has 0 spiro atoms. The Hall–Kier alpha value is -0.610. The van der Waals surface area contributed by atoms with E-state index >= 15 is 0 Å². The summed E-state index contributed by atoms with van der Waals surface area (Å²) in [6.07, 6.45) is 8.88. The number of esters is 1. The number of likely N-dealkylation sites (tertiary alicyclic amines) is 1. The van der Waals surface area contributed by atoms with Gasteiger partial charge in [-0.25, -0.2) is 0 Å². The van der Waals surface area contributed by atoms with E-state index in [1.807, 2.05) is 6.92 Å². The van der Waals surface area contributed by atoms with Crippen molar-refractivity contribution in [3.63, 3.8) is 0 Å². The summed E-state index contributed by atoms with van der Waals surface area (Å²) in [7, 11) is 1.49. The van der Waals surface area contributed by atoms with Gasteiger partial charge in [-0.3, -0.25) is 10.1 Å². The molecule has 0 aromatic carbocycles. The molecule has 0 radical (unpaired) electrons. The smallest absolute Gasteiger partial charge is 0.327 e. The number of hydrogen-bond donors (Lipinski definition) is 1. The van der Waals surface area contributed by atoms with E-state index in [0.29, 0.717) is 6.04 Å². The Balaban J connectivity index is 1.91. The first kappa shape index (κ1) is 16.8. The minimum Gasteiger partial charge on any atom is -0.468 e. The zero-order valence-corrected chi connectivity index (χ0v) is 14.0. The van der Waals surface area contributed by atoms with E-state index in [4.69, 9.17) is 4.74 Å². The van der Waals surface area contributed by atoms with Gasteiger partial charge in [-0.1, -0.05) is 19.8 Å². The van der Waals surface area contributed by atoms with E-state index < -0.39 is 5.54 Å². The van der Waals surface area contributed by atoms with Crippen LogP contribution in [-0.4, -0.2) is 49.2 Å². The number of ether oxygens (including phenoxy) is 1. The maximum absolute atomic E-state index is 12.2. The molecule has 1 N–H and O–H groups in total. The van der Waals surface area contributed by atoms with Crippen molar-refractivity contribution in [3.05, 3.63) is 0 Å². The van der Waals surface area contributed by atoms with Crippen LogP contribution in [0.2, 0.25) is 0 Å². The fourth-order valence-electron chi connectivity index (χ4n) is 3.60. The van der Waals surface area contributed by atoms with Crippen LogP contribution in [0.5, 0.6) is 0 Å². The molecule has 1 aliphatic carbocycles. The van der Waals surface area contributed by atoms with Crippen molar-refractivity contribution in [2.75, 3.05) is 26.7 Å². The van der Waals surface area contributed by atoms with Crippen molar-refractivity contribution in [1.82, 2.24) is 10.2 Å². The molecule has 1 aliphatic heterocycles. The molecule has 0 amide bonds. The van der Waals surface area contributed by atoms with Gasteiger partial charge in [0.25, 0.3) is 0 Å². The Kier molecular flexibility index (Phi) is 6.06. The summed E-state index contributed by atoms with van der Waals surface area (Å²) in [4.78, 5) is 14.7. The predicted octanol–water partition coefficient (Wildman–Crippen LogP) is 2.57. The summed E-state index contributed by atoms with van der Waals surface area (Å²) < 4.78 is 5.05. The van der Waals surface area contributed by atoms with Crippen LogP contribution >= 0.6 is 0 Å². The SMILES string of the molecule is CCCC1CCCN(CC(C)(NC2CC2)C(=O)OC)CC1. The average molecular weight is 296 g/mol. The van der Waals surface area contributed by atoms with Crippen molar-refractivity contribution >= 4 is 5.97 Å². The van der Waals surface area contributed by atoms with Crippen LogP contribution < -0.4 is 5.32 Å². The van der Waals surface area contributed by atoms with Gasteiger partial charge < -0.3 is 9.64 Å². The third-order valence-corrected chi connectivity index (χ3v) is 4.91. The summed E-state index contributed by atoms with van der Waals surface area (Å²) in [5, 5.41) is 3.51. The summed E-state index contributed by atoms with van der Waals surface area (Å²) in [6.45, 7) is 7.28. The van der Waals surface area contributed by atoms with Crippen molar-refractivity contribution in [1.29, 1.82) is 0 Å². The molecule has 0 aromatic rings. The molecule has 1 heterocycles. The van der Waals surface area contributed by atoms with E-state index in [9.17, 15) is 4.79 Å². The fraction of sp³-hybridized carbons (Fsp3) is 0.941. The monoisotopic (exact) mass is 296 g/mol. The van der Waals surface area contributed by atoms with E-state index in [2.05, 4.69) is 17.1 Å². The van der Waals surface area contributed by atoms with Crippen molar-refractivity contribution in [3.8, 4) is 0 Å². The lowest BCUT2D eigenvalue weighted by Gasteiger charge is -2.34. The van der Waals surface area contributed by atoms with Crippen LogP contribution in [0.4, 0.5) is 0 Å². The van der Waals surface area contributed by atoms with Gasteiger partial charge in [-0.2, -0.15) is 0 Å². The molecule has 21 heavy (non-hydrogen) atoms. The maximum atomic E-state index is 12.2. The minimum atomic E-state index is -0.555. The Morgan fingerprint density at radius 1 is 1.29 bits per heavy atom. The fourth-order valence-corrected chi connectivity index (χ4v) is 3.60. The zero-order chi connectivity index (χ0) is 15.3. The lowest BCUT2D eigenvalue weighted by atomic mass is 9.96. The molecule has 2 aliphatic rings. The van der Waals surface area contributed by atoms with Gasteiger partial charge in [0.1, 0.15) is 5.54 Å². The van der Waals surface area contributed by atoms with Crippen LogP contribution in [0.15, 0.2) is 0 Å². The number of carbonyl (C=O) groups is 1. The van der Waals surface area contributed by atoms with Crippen LogP contribution in [0.1, 0.15) is 58.8 Å². The highest BCUT2D eigenvalue weighted by atomic mass is 16.5. The topological polar surface area (TPSA) is 41.6 Å². The summed E-state index contributed by atoms with van der Waals surface area (Å²) >= 11 is 0. The largest absolute Gasteiger partial charge is 0.468 e. The highest BCUT2D eigenvalue weighted by Gasteiger charge is 2.40. The summed E-state index contributed by atoms with van der Waals surface area (Å²) in [5.41, 5.74) is -0.555. The molecular formula is C17H32N2O2. The lowest BCUT2D eigenvalue weighted by Crippen LogP contribution is -2.58. The van der Waals surface area contributed by atoms with Gasteiger partial charge >= 0.3 is 5.97 Å². The average Bonchev–Trinajstić information content (AvgIpc) is 3.27. The number of methoxy groups -OCH3 is 1. The van der Waals surface area contributed by atoms with Crippen molar-refractivity contribution in [2.24, 2.45) is 5.92 Å². The molecule has 1 saturated carbocycles. The molecule has 0 bridgehead atoms. The van der Waals surface area contributed by atoms with Gasteiger partial charge in [0.2, 0.25) is 0 Å². The molecule has 122 valence electrons. The van der Waals surface area contributed by atoms with Gasteiger partial charge in [-0.15, -0.1) is 0 Å². The molecule has 2 rings (SSSR count). The maximum Gasteiger partial charge on any atom is 0.327 e. The highest BCUT2D eigenvalue weighted by molar-refractivity contribution is 5.80. The van der Waals surface area contributed by atoms with Crippen LogP contribution in [0.3, 0.4) is 0 Å². The van der Waals surface area contributed by atoms with Crippen LogP contribution in [-0.2, 0) is 9.53 Å². The molecular weight excluding hydrogens is 264 g/mol. The molecule has 4 heteroatoms. The Morgan fingerprint density at radius 3 is 2.67 bits per heavy atom. The Labute approximate surface area is 129 Å². The Morgan fingerprint density at radius 2 is 2.05 bits per heavy atom. The van der Waals surface area contributed by atoms with Crippen LogP contribution in [0.25, 0.3) is 0 Å². The minimum absolute atomic E-state index is 0.122. The number of hydrogen-bond acceptors (Lipinski definition) is 4. The Bertz CT molecular complexity index is 344. The van der Waals surface area contributed by atoms with Crippen molar-refractivity contribution < 1.29 is 9.53 Å². The first-order chi connectivity index (χ1) is 10.1. The van der Waals surface area contributed by atoms with E-state index in [0.717, 1.165) is 25.6 Å². The normalized spacial score (nSPS) is 26.9. The molecule has 1 saturated heterocycles. The van der Waals surface area contributed by atoms with Crippen molar-refractivity contribution in [2.45, 2.75) is 70.4 Å². The van der Waals surface area contributed by atoms with Gasteiger partial charge in [0.05, 0.1) is 7.11 Å². The van der Waals surface area contributed by atoms with Gasteiger partial charge in [0, 0.05) is 12.6 Å². The van der Waals surface area contributed by atoms with E-state index in [1.165, 1.54) is 52.1 Å². The van der Waals surface area contributed by atoms with Gasteiger partial charge in [0.15, 0.2) is 0 Å². The second kappa shape index (κ2) is 7.59. The molecule has 2 unspecified atom stereocenters. The standard InChI is InChI=1S/C17H32N2O2/c1-4-6-14-7-5-11-19(12-10-14)13-17(2,16(20)21-3)18-15-8-9-15/h14-15,18H,4-13H2,1-3H3. The first-order valence-electron chi connectivity index (χ1n) is 8.66. The quantitative estimate of drug-likeness (QED) is 0.733. The number of rotatable bonds is 7. The second-order valence-corrected chi connectivity index (χ2v) is 7.10. The molecule has 2 fully saturated rings. The van der Waals surface area contributed by atoms with Crippen LogP contribution in [0, 0.1) is 5.92 Å². The number of nitrogens with zero attached hydrogens (tertiary/aromatic N) is 1. The highest BCUT2D eigenvalue weighted by Crippen LogP contribution is 2.26. The van der Waals surface area contributed by atoms with Gasteiger partial charge in [-0.05, 0) is 58.0 Å². The van der Waals surface area contributed by atoms with E-state index in [1.54, 1.807) is 0 Å². The third kappa shape index (κ3) is 4.96.